The van der Waals surface area contributed by atoms with Crippen molar-refractivity contribution in [3.8, 4) is 0 Å². The molecule has 6 heteroatoms. The van der Waals surface area contributed by atoms with Crippen LogP contribution in [-0.4, -0.2) is 34.0 Å². The highest BCUT2D eigenvalue weighted by molar-refractivity contribution is 5.94. The summed E-state index contributed by atoms with van der Waals surface area (Å²) in [6, 6.07) is 15.7. The summed E-state index contributed by atoms with van der Waals surface area (Å²) in [6.45, 7) is 3.25. The van der Waals surface area contributed by atoms with Gasteiger partial charge in [-0.15, -0.1) is 0 Å². The van der Waals surface area contributed by atoms with E-state index in [4.69, 9.17) is 4.52 Å². The first-order valence-corrected chi connectivity index (χ1v) is 9.55. The van der Waals surface area contributed by atoms with Crippen molar-refractivity contribution in [3.63, 3.8) is 0 Å². The Hall–Kier alpha value is -3.02. The first-order valence-electron chi connectivity index (χ1n) is 9.55. The van der Waals surface area contributed by atoms with Gasteiger partial charge in [0.2, 0.25) is 5.89 Å². The number of rotatable bonds is 4. The van der Waals surface area contributed by atoms with E-state index >= 15 is 0 Å². The van der Waals surface area contributed by atoms with Gasteiger partial charge < -0.3 is 9.42 Å². The minimum atomic E-state index is -0.347. The maximum Gasteiger partial charge on any atom is 0.253 e. The number of halogens is 1. The molecule has 1 unspecified atom stereocenters. The van der Waals surface area contributed by atoms with E-state index in [1.807, 2.05) is 37.3 Å². The highest BCUT2D eigenvalue weighted by Crippen LogP contribution is 2.28. The molecule has 0 saturated carbocycles. The lowest BCUT2D eigenvalue weighted by molar-refractivity contribution is 0.0703. The summed E-state index contributed by atoms with van der Waals surface area (Å²) in [5.74, 6) is 0.852. The fourth-order valence-electron chi connectivity index (χ4n) is 3.62. The Morgan fingerprint density at radius 1 is 1.18 bits per heavy atom. The molecule has 0 N–H and O–H groups in total. The fraction of sp³-hybridized carbons (Fsp3) is 0.318. The van der Waals surface area contributed by atoms with E-state index in [2.05, 4.69) is 10.1 Å². The largest absolute Gasteiger partial charge is 0.339 e. The van der Waals surface area contributed by atoms with Gasteiger partial charge in [-0.05, 0) is 49.6 Å². The predicted molar refractivity (Wildman–Crippen MR) is 103 cm³/mol. The topological polar surface area (TPSA) is 59.2 Å². The Labute approximate surface area is 163 Å². The summed E-state index contributed by atoms with van der Waals surface area (Å²) >= 11 is 0. The number of likely N-dealkylation sites (tertiary alicyclic amines) is 1. The molecule has 0 aliphatic carbocycles. The van der Waals surface area contributed by atoms with Gasteiger partial charge in [0.1, 0.15) is 5.82 Å². The van der Waals surface area contributed by atoms with Crippen molar-refractivity contribution in [3.05, 3.63) is 83.3 Å². The molecule has 1 aliphatic heterocycles. The predicted octanol–water partition coefficient (Wildman–Crippen LogP) is 4.38. The standard InChI is InChI=1S/C22H22FN3O2/c1-15(16-6-3-2-4-7-16)21-24-20(25-28-21)18-8-5-13-26(14-18)22(27)17-9-11-19(23)12-10-17/h2-4,6-7,9-12,15,18H,5,8,13-14H2,1H3/t15?,18-/m0/s1. The number of carbonyl (C=O) groups is 1. The molecule has 2 aromatic carbocycles. The van der Waals surface area contributed by atoms with Gasteiger partial charge in [0.05, 0.1) is 5.92 Å². The molecule has 1 saturated heterocycles. The van der Waals surface area contributed by atoms with Crippen molar-refractivity contribution < 1.29 is 13.7 Å². The molecule has 1 aromatic heterocycles. The first-order chi connectivity index (χ1) is 13.6. The molecule has 1 fully saturated rings. The lowest BCUT2D eigenvalue weighted by atomic mass is 9.96. The molecule has 2 atom stereocenters. The monoisotopic (exact) mass is 379 g/mol. The quantitative estimate of drug-likeness (QED) is 0.675. The van der Waals surface area contributed by atoms with Gasteiger partial charge in [0, 0.05) is 24.6 Å². The molecule has 0 spiro atoms. The summed E-state index contributed by atoms with van der Waals surface area (Å²) < 4.78 is 18.6. The minimum Gasteiger partial charge on any atom is -0.339 e. The number of hydrogen-bond acceptors (Lipinski definition) is 4. The summed E-state index contributed by atoms with van der Waals surface area (Å²) in [5.41, 5.74) is 1.61. The lowest BCUT2D eigenvalue weighted by Gasteiger charge is -2.31. The molecule has 1 amide bonds. The number of aromatic nitrogens is 2. The molecule has 2 heterocycles. The lowest BCUT2D eigenvalue weighted by Crippen LogP contribution is -2.39. The van der Waals surface area contributed by atoms with E-state index in [9.17, 15) is 9.18 Å². The fourth-order valence-corrected chi connectivity index (χ4v) is 3.62. The summed E-state index contributed by atoms with van der Waals surface area (Å²) in [4.78, 5) is 19.1. The van der Waals surface area contributed by atoms with Crippen LogP contribution in [0.2, 0.25) is 0 Å². The highest BCUT2D eigenvalue weighted by Gasteiger charge is 2.29. The zero-order valence-corrected chi connectivity index (χ0v) is 15.7. The molecular weight excluding hydrogens is 357 g/mol. The third-order valence-corrected chi connectivity index (χ3v) is 5.29. The van der Waals surface area contributed by atoms with Crippen molar-refractivity contribution in [1.82, 2.24) is 15.0 Å². The third-order valence-electron chi connectivity index (χ3n) is 5.29. The Morgan fingerprint density at radius 2 is 1.93 bits per heavy atom. The molecule has 144 valence electrons. The number of carbonyl (C=O) groups excluding carboxylic acids is 1. The van der Waals surface area contributed by atoms with E-state index in [1.54, 1.807) is 4.90 Å². The SMILES string of the molecule is CC(c1ccccc1)c1nc([C@H]2CCCN(C(=O)c3ccc(F)cc3)C2)no1. The minimum absolute atomic E-state index is 0.0167. The molecule has 0 bridgehead atoms. The molecule has 1 aliphatic rings. The number of benzene rings is 2. The van der Waals surface area contributed by atoms with E-state index < -0.39 is 0 Å². The van der Waals surface area contributed by atoms with E-state index in [0.717, 1.165) is 18.4 Å². The van der Waals surface area contributed by atoms with Crippen molar-refractivity contribution in [2.24, 2.45) is 0 Å². The van der Waals surface area contributed by atoms with Gasteiger partial charge in [-0.1, -0.05) is 35.5 Å². The van der Waals surface area contributed by atoms with Crippen molar-refractivity contribution in [2.75, 3.05) is 13.1 Å². The Bertz CT molecular complexity index is 940. The summed E-state index contributed by atoms with van der Waals surface area (Å²) in [6.07, 6.45) is 1.78. The summed E-state index contributed by atoms with van der Waals surface area (Å²) in [5, 5.41) is 4.19. The van der Waals surface area contributed by atoms with Gasteiger partial charge in [0.25, 0.3) is 5.91 Å². The Morgan fingerprint density at radius 3 is 2.68 bits per heavy atom. The van der Waals surface area contributed by atoms with Crippen LogP contribution in [0.5, 0.6) is 0 Å². The van der Waals surface area contributed by atoms with Gasteiger partial charge in [-0.25, -0.2) is 4.39 Å². The number of hydrogen-bond donors (Lipinski definition) is 0. The highest BCUT2D eigenvalue weighted by atomic mass is 19.1. The van der Waals surface area contributed by atoms with Gasteiger partial charge >= 0.3 is 0 Å². The average Bonchev–Trinajstić information content (AvgIpc) is 3.24. The van der Waals surface area contributed by atoms with Crippen LogP contribution in [0, 0.1) is 5.82 Å². The maximum atomic E-state index is 13.1. The molecular formula is C22H22FN3O2. The van der Waals surface area contributed by atoms with Crippen LogP contribution in [0.1, 0.15) is 59.2 Å². The second kappa shape index (κ2) is 7.92. The molecule has 3 aromatic rings. The van der Waals surface area contributed by atoms with Crippen LogP contribution < -0.4 is 0 Å². The van der Waals surface area contributed by atoms with Crippen molar-refractivity contribution in [2.45, 2.75) is 31.6 Å². The Kier molecular flexibility index (Phi) is 5.19. The molecule has 0 radical (unpaired) electrons. The van der Waals surface area contributed by atoms with Crippen LogP contribution in [0.25, 0.3) is 0 Å². The zero-order valence-electron chi connectivity index (χ0n) is 15.7. The van der Waals surface area contributed by atoms with Crippen LogP contribution in [0.4, 0.5) is 4.39 Å². The third kappa shape index (κ3) is 3.81. The van der Waals surface area contributed by atoms with Gasteiger partial charge in [0.15, 0.2) is 5.82 Å². The van der Waals surface area contributed by atoms with Crippen LogP contribution in [0.3, 0.4) is 0 Å². The summed E-state index contributed by atoms with van der Waals surface area (Å²) in [7, 11) is 0. The van der Waals surface area contributed by atoms with Crippen LogP contribution >= 0.6 is 0 Å². The van der Waals surface area contributed by atoms with Gasteiger partial charge in [-0.2, -0.15) is 4.98 Å². The van der Waals surface area contributed by atoms with Crippen molar-refractivity contribution >= 4 is 5.91 Å². The normalized spacial score (nSPS) is 18.1. The molecule has 5 nitrogen and oxygen atoms in total. The maximum absolute atomic E-state index is 13.1. The van der Waals surface area contributed by atoms with Crippen LogP contribution in [-0.2, 0) is 0 Å². The Balaban J connectivity index is 1.47. The number of nitrogens with zero attached hydrogens (tertiary/aromatic N) is 3. The van der Waals surface area contributed by atoms with Crippen LogP contribution in [0.15, 0.2) is 59.1 Å². The second-order valence-electron chi connectivity index (χ2n) is 7.22. The number of amides is 1. The smallest absolute Gasteiger partial charge is 0.253 e. The number of piperidine rings is 1. The van der Waals surface area contributed by atoms with E-state index in [0.29, 0.717) is 30.4 Å². The first kappa shape index (κ1) is 18.3. The van der Waals surface area contributed by atoms with E-state index in [1.165, 1.54) is 24.3 Å². The average molecular weight is 379 g/mol. The second-order valence-corrected chi connectivity index (χ2v) is 7.22. The molecule has 4 rings (SSSR count). The van der Waals surface area contributed by atoms with E-state index in [-0.39, 0.29) is 23.6 Å². The molecule has 28 heavy (non-hydrogen) atoms. The van der Waals surface area contributed by atoms with Crippen molar-refractivity contribution in [1.29, 1.82) is 0 Å². The zero-order chi connectivity index (χ0) is 19.5. The van der Waals surface area contributed by atoms with Gasteiger partial charge in [-0.3, -0.25) is 4.79 Å².